The van der Waals surface area contributed by atoms with Gasteiger partial charge in [-0.1, -0.05) is 19.9 Å². The van der Waals surface area contributed by atoms with E-state index in [-0.39, 0.29) is 5.56 Å². The number of aliphatic hydroxyl groups excluding tert-OH is 1. The van der Waals surface area contributed by atoms with Crippen molar-refractivity contribution in [1.29, 1.82) is 0 Å². The molecule has 19 heavy (non-hydrogen) atoms. The van der Waals surface area contributed by atoms with E-state index in [2.05, 4.69) is 0 Å². The van der Waals surface area contributed by atoms with Crippen molar-refractivity contribution in [1.82, 2.24) is 0 Å². The highest BCUT2D eigenvalue weighted by Gasteiger charge is 2.43. The summed E-state index contributed by atoms with van der Waals surface area (Å²) in [6, 6.07) is 1.57. The van der Waals surface area contributed by atoms with Crippen LogP contribution in [0.4, 0.5) is 26.3 Å². The molecule has 1 unspecified atom stereocenters. The molecule has 7 heteroatoms. The van der Waals surface area contributed by atoms with Crippen LogP contribution in [0.5, 0.6) is 0 Å². The molecule has 0 aliphatic carbocycles. The summed E-state index contributed by atoms with van der Waals surface area (Å²) in [4.78, 5) is 0. The molecular formula is C12H12F6O. The van der Waals surface area contributed by atoms with Crippen molar-refractivity contribution in [2.75, 3.05) is 0 Å². The van der Waals surface area contributed by atoms with Crippen LogP contribution in [0.2, 0.25) is 0 Å². The molecule has 0 spiro atoms. The average Bonchev–Trinajstić information content (AvgIpc) is 2.24. The van der Waals surface area contributed by atoms with E-state index in [0.29, 0.717) is 12.1 Å². The van der Waals surface area contributed by atoms with E-state index in [1.165, 1.54) is 0 Å². The second kappa shape index (κ2) is 5.03. The topological polar surface area (TPSA) is 20.2 Å². The van der Waals surface area contributed by atoms with Gasteiger partial charge >= 0.3 is 12.4 Å². The Labute approximate surface area is 105 Å². The Morgan fingerprint density at radius 3 is 1.74 bits per heavy atom. The maximum atomic E-state index is 12.6. The summed E-state index contributed by atoms with van der Waals surface area (Å²) < 4.78 is 75.4. The van der Waals surface area contributed by atoms with Gasteiger partial charge in [0.1, 0.15) is 0 Å². The van der Waals surface area contributed by atoms with E-state index in [1.807, 2.05) is 0 Å². The summed E-state index contributed by atoms with van der Waals surface area (Å²) in [6.07, 6.45) is -11.5. The monoisotopic (exact) mass is 286 g/mol. The SMILES string of the molecule is CC(C)C(O)c1ccc(C(F)(F)F)c(C(F)(F)F)c1. The van der Waals surface area contributed by atoms with Crippen LogP contribution in [-0.2, 0) is 12.4 Å². The number of hydrogen-bond donors (Lipinski definition) is 1. The van der Waals surface area contributed by atoms with Gasteiger partial charge in [-0.2, -0.15) is 26.3 Å². The van der Waals surface area contributed by atoms with Crippen molar-refractivity contribution in [3.63, 3.8) is 0 Å². The summed E-state index contributed by atoms with van der Waals surface area (Å²) in [5.41, 5.74) is -3.72. The quantitative estimate of drug-likeness (QED) is 0.798. The van der Waals surface area contributed by atoms with Crippen molar-refractivity contribution in [3.05, 3.63) is 34.9 Å². The van der Waals surface area contributed by atoms with E-state index in [0.717, 1.165) is 6.07 Å². The summed E-state index contributed by atoms with van der Waals surface area (Å²) in [6.45, 7) is 3.10. The molecular weight excluding hydrogens is 274 g/mol. The van der Waals surface area contributed by atoms with Crippen LogP contribution in [0.1, 0.15) is 36.6 Å². The number of aliphatic hydroxyl groups is 1. The zero-order valence-corrected chi connectivity index (χ0v) is 10.1. The molecule has 0 bridgehead atoms. The fraction of sp³-hybridized carbons (Fsp3) is 0.500. The zero-order chi connectivity index (χ0) is 15.0. The Morgan fingerprint density at radius 1 is 0.895 bits per heavy atom. The van der Waals surface area contributed by atoms with E-state index >= 15 is 0 Å². The van der Waals surface area contributed by atoms with Gasteiger partial charge in [-0.05, 0) is 23.6 Å². The lowest BCUT2D eigenvalue weighted by Gasteiger charge is -2.20. The molecule has 1 rings (SSSR count). The Morgan fingerprint density at radius 2 is 1.37 bits per heavy atom. The molecule has 0 amide bonds. The van der Waals surface area contributed by atoms with E-state index < -0.39 is 35.5 Å². The third-order valence-electron chi connectivity index (χ3n) is 2.63. The summed E-state index contributed by atoms with van der Waals surface area (Å²) >= 11 is 0. The largest absolute Gasteiger partial charge is 0.417 e. The van der Waals surface area contributed by atoms with Crippen molar-refractivity contribution in [2.45, 2.75) is 32.3 Å². The van der Waals surface area contributed by atoms with E-state index in [1.54, 1.807) is 13.8 Å². The van der Waals surface area contributed by atoms with Crippen molar-refractivity contribution >= 4 is 0 Å². The highest BCUT2D eigenvalue weighted by Crippen LogP contribution is 2.41. The van der Waals surface area contributed by atoms with Gasteiger partial charge in [-0.15, -0.1) is 0 Å². The predicted molar refractivity (Wildman–Crippen MR) is 56.2 cm³/mol. The first-order valence-electron chi connectivity index (χ1n) is 5.41. The molecule has 0 aliphatic rings. The van der Waals surface area contributed by atoms with Crippen LogP contribution in [0.15, 0.2) is 18.2 Å². The molecule has 0 radical (unpaired) electrons. The molecule has 0 aliphatic heterocycles. The fourth-order valence-corrected chi connectivity index (χ4v) is 1.61. The van der Waals surface area contributed by atoms with Gasteiger partial charge in [-0.3, -0.25) is 0 Å². The molecule has 1 aromatic carbocycles. The number of hydrogen-bond acceptors (Lipinski definition) is 1. The molecule has 0 saturated heterocycles. The van der Waals surface area contributed by atoms with Gasteiger partial charge in [0.15, 0.2) is 0 Å². The van der Waals surface area contributed by atoms with Crippen LogP contribution in [0.3, 0.4) is 0 Å². The molecule has 0 fully saturated rings. The molecule has 1 aromatic rings. The Kier molecular flexibility index (Phi) is 4.19. The van der Waals surface area contributed by atoms with Gasteiger partial charge in [0.2, 0.25) is 0 Å². The molecule has 1 atom stereocenters. The maximum absolute atomic E-state index is 12.6. The molecule has 0 heterocycles. The van der Waals surface area contributed by atoms with Gasteiger partial charge in [0, 0.05) is 0 Å². The van der Waals surface area contributed by atoms with Crippen LogP contribution < -0.4 is 0 Å². The van der Waals surface area contributed by atoms with Gasteiger partial charge in [0.25, 0.3) is 0 Å². The number of halogens is 6. The molecule has 0 saturated carbocycles. The van der Waals surface area contributed by atoms with Crippen LogP contribution in [-0.4, -0.2) is 5.11 Å². The smallest absolute Gasteiger partial charge is 0.388 e. The summed E-state index contributed by atoms with van der Waals surface area (Å²) in [5, 5.41) is 9.63. The predicted octanol–water partition coefficient (Wildman–Crippen LogP) is 4.41. The minimum atomic E-state index is -5.13. The lowest BCUT2D eigenvalue weighted by molar-refractivity contribution is -0.162. The normalized spacial score (nSPS) is 14.8. The minimum absolute atomic E-state index is 0.185. The summed E-state index contributed by atoms with van der Waals surface area (Å²) in [5.74, 6) is -0.405. The lowest BCUT2D eigenvalue weighted by atomic mass is 9.95. The second-order valence-electron chi connectivity index (χ2n) is 4.49. The molecule has 1 nitrogen and oxygen atoms in total. The zero-order valence-electron chi connectivity index (χ0n) is 10.1. The highest BCUT2D eigenvalue weighted by molar-refractivity contribution is 5.37. The number of benzene rings is 1. The lowest BCUT2D eigenvalue weighted by Crippen LogP contribution is -2.18. The first-order valence-corrected chi connectivity index (χ1v) is 5.41. The van der Waals surface area contributed by atoms with E-state index in [4.69, 9.17) is 0 Å². The van der Waals surface area contributed by atoms with Crippen LogP contribution >= 0.6 is 0 Å². The summed E-state index contributed by atoms with van der Waals surface area (Å²) in [7, 11) is 0. The number of alkyl halides is 6. The van der Waals surface area contributed by atoms with Crippen molar-refractivity contribution in [3.8, 4) is 0 Å². The Bertz CT molecular complexity index is 447. The minimum Gasteiger partial charge on any atom is -0.388 e. The first kappa shape index (κ1) is 15.8. The standard InChI is InChI=1S/C12H12F6O/c1-6(2)10(19)7-3-4-8(11(13,14)15)9(5-7)12(16,17)18/h3-6,10,19H,1-2H3. The second-order valence-corrected chi connectivity index (χ2v) is 4.49. The molecule has 0 aromatic heterocycles. The molecule has 108 valence electrons. The maximum Gasteiger partial charge on any atom is 0.417 e. The van der Waals surface area contributed by atoms with Crippen LogP contribution in [0, 0.1) is 5.92 Å². The van der Waals surface area contributed by atoms with Gasteiger partial charge in [0.05, 0.1) is 17.2 Å². The van der Waals surface area contributed by atoms with Crippen LogP contribution in [0.25, 0.3) is 0 Å². The third kappa shape index (κ3) is 3.62. The number of rotatable bonds is 2. The highest BCUT2D eigenvalue weighted by atomic mass is 19.4. The van der Waals surface area contributed by atoms with Crippen molar-refractivity contribution in [2.24, 2.45) is 5.92 Å². The fourth-order valence-electron chi connectivity index (χ4n) is 1.61. The molecule has 1 N–H and O–H groups in total. The van der Waals surface area contributed by atoms with Gasteiger partial charge in [-0.25, -0.2) is 0 Å². The Balaban J connectivity index is 3.40. The Hall–Kier alpha value is -1.24. The third-order valence-corrected chi connectivity index (χ3v) is 2.63. The van der Waals surface area contributed by atoms with Crippen molar-refractivity contribution < 1.29 is 31.4 Å². The van der Waals surface area contributed by atoms with Gasteiger partial charge < -0.3 is 5.11 Å². The van der Waals surface area contributed by atoms with E-state index in [9.17, 15) is 31.4 Å². The first-order chi connectivity index (χ1) is 8.44. The average molecular weight is 286 g/mol.